The molecule has 0 spiro atoms. The second kappa shape index (κ2) is 12.2. The summed E-state index contributed by atoms with van der Waals surface area (Å²) in [7, 11) is 0. The molecule has 0 heterocycles. The van der Waals surface area contributed by atoms with Crippen LogP contribution in [0.4, 0.5) is 0 Å². The van der Waals surface area contributed by atoms with Gasteiger partial charge in [0.2, 0.25) is 11.8 Å². The molecule has 4 nitrogen and oxygen atoms in total. The Morgan fingerprint density at radius 1 is 0.848 bits per heavy atom. The highest BCUT2D eigenvalue weighted by atomic mass is 35.5. The number of hydrogen-bond acceptors (Lipinski definition) is 2. The molecular weight excluding hydrogens is 432 g/mol. The Morgan fingerprint density at radius 2 is 1.39 bits per heavy atom. The molecule has 0 fully saturated rings. The van der Waals surface area contributed by atoms with Crippen molar-refractivity contribution in [2.45, 2.75) is 45.2 Å². The Bertz CT molecular complexity index is 983. The minimum atomic E-state index is -0.541. The lowest BCUT2D eigenvalue weighted by Gasteiger charge is -2.32. The Balaban J connectivity index is 1.94. The molecular formula is C28H31ClN2O2. The smallest absolute Gasteiger partial charge is 0.242 e. The minimum absolute atomic E-state index is 0.0549. The molecule has 0 saturated carbocycles. The van der Waals surface area contributed by atoms with E-state index in [1.54, 1.807) is 4.90 Å². The van der Waals surface area contributed by atoms with Gasteiger partial charge in [0.15, 0.2) is 0 Å². The number of nitrogens with zero attached hydrogens (tertiary/aromatic N) is 1. The number of hydrogen-bond donors (Lipinski definition) is 1. The van der Waals surface area contributed by atoms with Crippen molar-refractivity contribution in [1.82, 2.24) is 10.2 Å². The van der Waals surface area contributed by atoms with Gasteiger partial charge < -0.3 is 10.2 Å². The molecule has 0 radical (unpaired) electrons. The number of rotatable bonds is 10. The van der Waals surface area contributed by atoms with Crippen LogP contribution in [0.5, 0.6) is 0 Å². The Morgan fingerprint density at radius 3 is 1.88 bits per heavy atom. The van der Waals surface area contributed by atoms with E-state index in [2.05, 4.69) is 29.6 Å². The molecule has 3 aromatic rings. The SMILES string of the molecule is CCNC(=O)[C@@H](CC)N(Cc1ccc(Cl)cc1)C(=O)CC(c1ccccc1)c1ccccc1. The normalized spacial score (nSPS) is 11.8. The van der Waals surface area contributed by atoms with Gasteiger partial charge in [-0.1, -0.05) is 91.3 Å². The van der Waals surface area contributed by atoms with E-state index in [1.807, 2.05) is 74.5 Å². The fraction of sp³-hybridized carbons (Fsp3) is 0.286. The van der Waals surface area contributed by atoms with Crippen molar-refractivity contribution in [2.75, 3.05) is 6.54 Å². The van der Waals surface area contributed by atoms with E-state index in [4.69, 9.17) is 11.6 Å². The highest BCUT2D eigenvalue weighted by Gasteiger charge is 2.30. The number of carbonyl (C=O) groups is 2. The molecule has 172 valence electrons. The van der Waals surface area contributed by atoms with Crippen LogP contribution in [0.3, 0.4) is 0 Å². The predicted octanol–water partition coefficient (Wildman–Crippen LogP) is 5.81. The predicted molar refractivity (Wildman–Crippen MR) is 134 cm³/mol. The first-order chi connectivity index (χ1) is 16.0. The second-order valence-electron chi connectivity index (χ2n) is 8.04. The van der Waals surface area contributed by atoms with Crippen molar-refractivity contribution in [3.05, 3.63) is 107 Å². The standard InChI is InChI=1S/C28H31ClN2O2/c1-3-26(28(33)30-4-2)31(20-21-15-17-24(29)18-16-21)27(32)19-25(22-11-7-5-8-12-22)23-13-9-6-10-14-23/h5-18,25-26H,3-4,19-20H2,1-2H3,(H,30,33)/t26-/m1/s1. The number of amides is 2. The van der Waals surface area contributed by atoms with Crippen LogP contribution in [0, 0.1) is 0 Å². The van der Waals surface area contributed by atoms with E-state index in [0.717, 1.165) is 16.7 Å². The van der Waals surface area contributed by atoms with Crippen molar-refractivity contribution >= 4 is 23.4 Å². The highest BCUT2D eigenvalue weighted by molar-refractivity contribution is 6.30. The van der Waals surface area contributed by atoms with Crippen LogP contribution in [-0.4, -0.2) is 29.3 Å². The fourth-order valence-corrected chi connectivity index (χ4v) is 4.21. The van der Waals surface area contributed by atoms with E-state index in [0.29, 0.717) is 24.5 Å². The summed E-state index contributed by atoms with van der Waals surface area (Å²) in [6.07, 6.45) is 0.810. The maximum Gasteiger partial charge on any atom is 0.242 e. The number of benzene rings is 3. The van der Waals surface area contributed by atoms with Crippen LogP contribution in [0.25, 0.3) is 0 Å². The molecule has 0 aliphatic carbocycles. The molecule has 3 aromatic carbocycles. The van der Waals surface area contributed by atoms with Crippen LogP contribution < -0.4 is 5.32 Å². The van der Waals surface area contributed by atoms with Crippen LogP contribution in [0.2, 0.25) is 5.02 Å². The first kappa shape index (κ1) is 24.5. The van der Waals surface area contributed by atoms with Crippen molar-refractivity contribution in [1.29, 1.82) is 0 Å². The van der Waals surface area contributed by atoms with Gasteiger partial charge in [-0.05, 0) is 42.2 Å². The van der Waals surface area contributed by atoms with E-state index in [-0.39, 0.29) is 24.2 Å². The summed E-state index contributed by atoms with van der Waals surface area (Å²) in [6, 6.07) is 27.0. The van der Waals surface area contributed by atoms with Crippen LogP contribution in [0.15, 0.2) is 84.9 Å². The largest absolute Gasteiger partial charge is 0.355 e. The zero-order valence-corrected chi connectivity index (χ0v) is 20.0. The number of carbonyl (C=O) groups excluding carboxylic acids is 2. The molecule has 0 bridgehead atoms. The molecule has 0 aromatic heterocycles. The summed E-state index contributed by atoms with van der Waals surface area (Å²) in [5.41, 5.74) is 3.09. The molecule has 0 aliphatic heterocycles. The van der Waals surface area contributed by atoms with Crippen LogP contribution >= 0.6 is 11.6 Å². The zero-order chi connectivity index (χ0) is 23.6. The Kier molecular flexibility index (Phi) is 9.08. The molecule has 5 heteroatoms. The van der Waals surface area contributed by atoms with Crippen molar-refractivity contribution in [2.24, 2.45) is 0 Å². The van der Waals surface area contributed by atoms with Crippen LogP contribution in [0.1, 0.15) is 49.3 Å². The molecule has 0 saturated heterocycles. The van der Waals surface area contributed by atoms with Crippen molar-refractivity contribution < 1.29 is 9.59 Å². The van der Waals surface area contributed by atoms with Gasteiger partial charge in [-0.25, -0.2) is 0 Å². The van der Waals surface area contributed by atoms with Gasteiger partial charge in [0.25, 0.3) is 0 Å². The summed E-state index contributed by atoms with van der Waals surface area (Å²) < 4.78 is 0. The first-order valence-corrected chi connectivity index (χ1v) is 11.8. The lowest BCUT2D eigenvalue weighted by molar-refractivity contribution is -0.141. The van der Waals surface area contributed by atoms with Crippen LogP contribution in [-0.2, 0) is 16.1 Å². The lowest BCUT2D eigenvalue weighted by atomic mass is 9.88. The van der Waals surface area contributed by atoms with Crippen molar-refractivity contribution in [3.8, 4) is 0 Å². The number of likely N-dealkylation sites (N-methyl/N-ethyl adjacent to an activating group) is 1. The van der Waals surface area contributed by atoms with E-state index < -0.39 is 6.04 Å². The average molecular weight is 463 g/mol. The highest BCUT2D eigenvalue weighted by Crippen LogP contribution is 2.29. The molecule has 1 N–H and O–H groups in total. The quantitative estimate of drug-likeness (QED) is 0.413. The second-order valence-corrected chi connectivity index (χ2v) is 8.48. The van der Waals surface area contributed by atoms with Gasteiger partial charge in [-0.15, -0.1) is 0 Å². The van der Waals surface area contributed by atoms with Gasteiger partial charge in [0, 0.05) is 30.5 Å². The van der Waals surface area contributed by atoms with Gasteiger partial charge in [-0.2, -0.15) is 0 Å². The maximum absolute atomic E-state index is 13.8. The van der Waals surface area contributed by atoms with Crippen molar-refractivity contribution in [3.63, 3.8) is 0 Å². The summed E-state index contributed by atoms with van der Waals surface area (Å²) >= 11 is 6.05. The zero-order valence-electron chi connectivity index (χ0n) is 19.2. The lowest BCUT2D eigenvalue weighted by Crippen LogP contribution is -2.49. The molecule has 3 rings (SSSR count). The number of halogens is 1. The first-order valence-electron chi connectivity index (χ1n) is 11.4. The molecule has 2 amide bonds. The van der Waals surface area contributed by atoms with E-state index in [9.17, 15) is 9.59 Å². The third kappa shape index (κ3) is 6.69. The topological polar surface area (TPSA) is 49.4 Å². The summed E-state index contributed by atoms with van der Waals surface area (Å²) in [5.74, 6) is -0.279. The Labute approximate surface area is 201 Å². The third-order valence-electron chi connectivity index (χ3n) is 5.79. The molecule has 0 unspecified atom stereocenters. The Hall–Kier alpha value is -3.11. The summed E-state index contributed by atoms with van der Waals surface area (Å²) in [6.45, 7) is 4.70. The third-order valence-corrected chi connectivity index (χ3v) is 6.04. The molecule has 0 aliphatic rings. The summed E-state index contributed by atoms with van der Waals surface area (Å²) in [4.78, 5) is 28.4. The van der Waals surface area contributed by atoms with Gasteiger partial charge in [0.05, 0.1) is 0 Å². The average Bonchev–Trinajstić information content (AvgIpc) is 2.84. The number of nitrogens with one attached hydrogen (secondary N) is 1. The fourth-order valence-electron chi connectivity index (χ4n) is 4.09. The van der Waals surface area contributed by atoms with Gasteiger partial charge in [0.1, 0.15) is 6.04 Å². The molecule has 1 atom stereocenters. The maximum atomic E-state index is 13.8. The summed E-state index contributed by atoms with van der Waals surface area (Å²) in [5, 5.41) is 3.53. The van der Waals surface area contributed by atoms with E-state index >= 15 is 0 Å². The van der Waals surface area contributed by atoms with E-state index in [1.165, 1.54) is 0 Å². The minimum Gasteiger partial charge on any atom is -0.355 e. The monoisotopic (exact) mass is 462 g/mol. The molecule has 33 heavy (non-hydrogen) atoms. The van der Waals surface area contributed by atoms with Gasteiger partial charge in [-0.3, -0.25) is 9.59 Å². The van der Waals surface area contributed by atoms with Gasteiger partial charge >= 0.3 is 0 Å².